The van der Waals surface area contributed by atoms with Crippen LogP contribution >= 0.6 is 0 Å². The van der Waals surface area contributed by atoms with Gasteiger partial charge < -0.3 is 20.1 Å². The second kappa shape index (κ2) is 6.04. The molecular formula is C12H22N2O4. The Balaban J connectivity index is 2.30. The molecule has 0 aromatic rings. The molecule has 0 bridgehead atoms. The van der Waals surface area contributed by atoms with Crippen molar-refractivity contribution in [3.05, 3.63) is 0 Å². The molecule has 0 saturated carbocycles. The Morgan fingerprint density at radius 2 is 2.06 bits per heavy atom. The fraction of sp³-hybridized carbons (Fsp3) is 0.833. The van der Waals surface area contributed by atoms with E-state index in [2.05, 4.69) is 15.4 Å². The van der Waals surface area contributed by atoms with Gasteiger partial charge >= 0.3 is 12.1 Å². The lowest BCUT2D eigenvalue weighted by Gasteiger charge is -2.21. The van der Waals surface area contributed by atoms with Gasteiger partial charge in [-0.15, -0.1) is 0 Å². The van der Waals surface area contributed by atoms with Gasteiger partial charge in [0.1, 0.15) is 5.60 Å². The summed E-state index contributed by atoms with van der Waals surface area (Å²) in [5.41, 5.74) is -0.498. The first-order valence-corrected chi connectivity index (χ1v) is 6.10. The van der Waals surface area contributed by atoms with Crippen molar-refractivity contribution in [3.63, 3.8) is 0 Å². The Morgan fingerprint density at radius 3 is 2.61 bits per heavy atom. The van der Waals surface area contributed by atoms with Crippen LogP contribution in [0.2, 0.25) is 0 Å². The van der Waals surface area contributed by atoms with Gasteiger partial charge in [0.15, 0.2) is 0 Å². The maximum Gasteiger partial charge on any atom is 0.407 e. The molecule has 1 heterocycles. The molecule has 0 aromatic heterocycles. The lowest BCUT2D eigenvalue weighted by atomic mass is 10.1. The molecule has 0 aromatic carbocycles. The largest absolute Gasteiger partial charge is 0.469 e. The van der Waals surface area contributed by atoms with Gasteiger partial charge in [0, 0.05) is 18.6 Å². The second-order valence-corrected chi connectivity index (χ2v) is 5.46. The average Bonchev–Trinajstić information content (AvgIpc) is 2.62. The van der Waals surface area contributed by atoms with E-state index in [1.165, 1.54) is 7.11 Å². The summed E-state index contributed by atoms with van der Waals surface area (Å²) in [5.74, 6) is -0.245. The van der Waals surface area contributed by atoms with Gasteiger partial charge in [-0.25, -0.2) is 4.79 Å². The highest BCUT2D eigenvalue weighted by Gasteiger charge is 2.28. The van der Waals surface area contributed by atoms with Gasteiger partial charge in [-0.2, -0.15) is 0 Å². The van der Waals surface area contributed by atoms with Crippen LogP contribution in [0.5, 0.6) is 0 Å². The minimum Gasteiger partial charge on any atom is -0.469 e. The van der Waals surface area contributed by atoms with Crippen LogP contribution in [-0.4, -0.2) is 43.4 Å². The predicted octanol–water partition coefficient (Wildman–Crippen LogP) is 0.805. The molecule has 2 atom stereocenters. The van der Waals surface area contributed by atoms with Crippen molar-refractivity contribution >= 4 is 12.1 Å². The number of esters is 1. The summed E-state index contributed by atoms with van der Waals surface area (Å²) in [4.78, 5) is 22.7. The first kappa shape index (κ1) is 14.8. The van der Waals surface area contributed by atoms with Crippen molar-refractivity contribution in [2.75, 3.05) is 13.7 Å². The van der Waals surface area contributed by atoms with E-state index in [1.807, 2.05) is 20.8 Å². The molecule has 1 aliphatic rings. The summed E-state index contributed by atoms with van der Waals surface area (Å²) >= 11 is 0. The van der Waals surface area contributed by atoms with Crippen LogP contribution in [0.25, 0.3) is 0 Å². The number of nitrogens with one attached hydrogen (secondary N) is 2. The lowest BCUT2D eigenvalue weighted by molar-refractivity contribution is -0.141. The molecule has 6 heteroatoms. The lowest BCUT2D eigenvalue weighted by Crippen LogP contribution is -2.40. The van der Waals surface area contributed by atoms with E-state index in [0.717, 1.165) is 0 Å². The fourth-order valence-corrected chi connectivity index (χ4v) is 1.84. The summed E-state index contributed by atoms with van der Waals surface area (Å²) in [7, 11) is 1.37. The maximum absolute atomic E-state index is 11.5. The molecule has 6 nitrogen and oxygen atoms in total. The maximum atomic E-state index is 11.5. The van der Waals surface area contributed by atoms with Crippen LogP contribution in [0.1, 0.15) is 33.6 Å². The van der Waals surface area contributed by atoms with Gasteiger partial charge in [0.25, 0.3) is 0 Å². The summed E-state index contributed by atoms with van der Waals surface area (Å²) in [6.07, 6.45) is 0.602. The molecule has 104 valence electrons. The van der Waals surface area contributed by atoms with E-state index in [1.54, 1.807) is 0 Å². The van der Waals surface area contributed by atoms with Gasteiger partial charge in [-0.3, -0.25) is 4.79 Å². The fourth-order valence-electron chi connectivity index (χ4n) is 1.84. The summed E-state index contributed by atoms with van der Waals surface area (Å²) in [5, 5.41) is 5.95. The van der Waals surface area contributed by atoms with E-state index in [0.29, 0.717) is 19.4 Å². The normalized spacial score (nSPS) is 23.6. The third-order valence-corrected chi connectivity index (χ3v) is 2.58. The predicted molar refractivity (Wildman–Crippen MR) is 66.2 cm³/mol. The number of methoxy groups -OCH3 is 1. The molecule has 1 rings (SSSR count). The molecule has 2 unspecified atom stereocenters. The molecule has 0 aliphatic carbocycles. The first-order chi connectivity index (χ1) is 8.30. The van der Waals surface area contributed by atoms with Gasteiger partial charge in [-0.05, 0) is 27.2 Å². The summed E-state index contributed by atoms with van der Waals surface area (Å²) in [6, 6.07) is 0.0480. The highest BCUT2D eigenvalue weighted by atomic mass is 16.6. The first-order valence-electron chi connectivity index (χ1n) is 6.10. The smallest absolute Gasteiger partial charge is 0.407 e. The number of amides is 1. The van der Waals surface area contributed by atoms with E-state index < -0.39 is 11.7 Å². The minimum absolute atomic E-state index is 0.00509. The standard InChI is InChI=1S/C12H22N2O4/c1-12(2,3)18-11(16)14-9-5-8(13-7-9)6-10(15)17-4/h8-9,13H,5-7H2,1-4H3,(H,14,16). The van der Waals surface area contributed by atoms with E-state index in [9.17, 15) is 9.59 Å². The van der Waals surface area contributed by atoms with Crippen molar-refractivity contribution in [1.29, 1.82) is 0 Å². The topological polar surface area (TPSA) is 76.7 Å². The quantitative estimate of drug-likeness (QED) is 0.732. The van der Waals surface area contributed by atoms with Crippen molar-refractivity contribution in [2.45, 2.75) is 51.3 Å². The van der Waals surface area contributed by atoms with Crippen LogP contribution in [0.3, 0.4) is 0 Å². The van der Waals surface area contributed by atoms with E-state index in [4.69, 9.17) is 4.74 Å². The van der Waals surface area contributed by atoms with Gasteiger partial charge in [-0.1, -0.05) is 0 Å². The van der Waals surface area contributed by atoms with Crippen molar-refractivity contribution in [1.82, 2.24) is 10.6 Å². The monoisotopic (exact) mass is 258 g/mol. The third kappa shape index (κ3) is 5.35. The number of hydrogen-bond acceptors (Lipinski definition) is 5. The van der Waals surface area contributed by atoms with Crippen LogP contribution in [0, 0.1) is 0 Å². The van der Waals surface area contributed by atoms with Crippen LogP contribution in [0.15, 0.2) is 0 Å². The van der Waals surface area contributed by atoms with Crippen LogP contribution in [0.4, 0.5) is 4.79 Å². The zero-order valence-corrected chi connectivity index (χ0v) is 11.4. The molecule has 18 heavy (non-hydrogen) atoms. The summed E-state index contributed by atoms with van der Waals surface area (Å²) in [6.45, 7) is 6.10. The van der Waals surface area contributed by atoms with Gasteiger partial charge in [0.05, 0.1) is 13.5 Å². The highest BCUT2D eigenvalue weighted by Crippen LogP contribution is 2.12. The molecule has 0 radical (unpaired) electrons. The van der Waals surface area contributed by atoms with Crippen molar-refractivity contribution in [2.24, 2.45) is 0 Å². The number of carbonyl (C=O) groups is 2. The second-order valence-electron chi connectivity index (χ2n) is 5.46. The highest BCUT2D eigenvalue weighted by molar-refractivity contribution is 5.70. The van der Waals surface area contributed by atoms with Gasteiger partial charge in [0.2, 0.25) is 0 Å². The number of hydrogen-bond donors (Lipinski definition) is 2. The van der Waals surface area contributed by atoms with Crippen molar-refractivity contribution in [3.8, 4) is 0 Å². The molecule has 1 fully saturated rings. The molecular weight excluding hydrogens is 236 g/mol. The summed E-state index contributed by atoms with van der Waals surface area (Å²) < 4.78 is 9.77. The number of rotatable bonds is 3. The molecule has 1 saturated heterocycles. The Bertz CT molecular complexity index is 312. The number of carbonyl (C=O) groups excluding carboxylic acids is 2. The third-order valence-electron chi connectivity index (χ3n) is 2.58. The molecule has 2 N–H and O–H groups in total. The molecule has 1 amide bonds. The average molecular weight is 258 g/mol. The number of ether oxygens (including phenoxy) is 2. The Labute approximate surface area is 107 Å². The van der Waals surface area contributed by atoms with Crippen molar-refractivity contribution < 1.29 is 19.1 Å². The van der Waals surface area contributed by atoms with E-state index >= 15 is 0 Å². The Morgan fingerprint density at radius 1 is 1.39 bits per heavy atom. The minimum atomic E-state index is -0.498. The molecule has 1 aliphatic heterocycles. The number of alkyl carbamates (subject to hydrolysis) is 1. The Hall–Kier alpha value is -1.30. The van der Waals surface area contributed by atoms with E-state index in [-0.39, 0.29) is 18.1 Å². The molecule has 0 spiro atoms. The Kier molecular flexibility index (Phi) is 4.95. The van der Waals surface area contributed by atoms with Crippen LogP contribution < -0.4 is 10.6 Å². The SMILES string of the molecule is COC(=O)CC1CC(NC(=O)OC(C)(C)C)CN1. The zero-order valence-electron chi connectivity index (χ0n) is 11.4. The van der Waals surface area contributed by atoms with Crippen LogP contribution in [-0.2, 0) is 14.3 Å². The zero-order chi connectivity index (χ0) is 13.8.